The van der Waals surface area contributed by atoms with Crippen molar-refractivity contribution >= 4 is 43.6 Å². The number of hydrogen-bond acceptors (Lipinski definition) is 12. The van der Waals surface area contributed by atoms with Crippen LogP contribution in [0.5, 0.6) is 46.5 Å². The van der Waals surface area contributed by atoms with Crippen molar-refractivity contribution in [3.05, 3.63) is 121 Å². The van der Waals surface area contributed by atoms with Gasteiger partial charge in [0.25, 0.3) is 0 Å². The number of fused-ring (bicyclic) bond motifs is 4. The van der Waals surface area contributed by atoms with Crippen molar-refractivity contribution in [2.24, 2.45) is 0 Å². The number of rotatable bonds is 0. The number of nitrogens with zero attached hydrogens (tertiary/aromatic N) is 4. The zero-order valence-corrected chi connectivity index (χ0v) is 27.9. The number of para-hydroxylation sites is 4. The topological polar surface area (TPSA) is 213 Å². The normalized spacial score (nSPS) is 10.1. The van der Waals surface area contributed by atoms with Gasteiger partial charge in [0.2, 0.25) is 23.5 Å². The molecule has 0 aliphatic rings. The van der Waals surface area contributed by atoms with E-state index in [1.54, 1.807) is 48.5 Å². The van der Waals surface area contributed by atoms with Crippen molar-refractivity contribution < 1.29 is 67.1 Å². The Kier molecular flexibility index (Phi) is 11.7. The average Bonchev–Trinajstić information content (AvgIpc) is 3.07. The third-order valence-corrected chi connectivity index (χ3v) is 6.74. The largest absolute Gasteiger partial charge is 0.506 e. The zero-order valence-electron chi connectivity index (χ0n) is 25.4. The fourth-order valence-electron chi connectivity index (χ4n) is 4.48. The summed E-state index contributed by atoms with van der Waals surface area (Å²) in [6.07, 6.45) is 0. The van der Waals surface area contributed by atoms with E-state index in [1.807, 2.05) is 24.3 Å². The summed E-state index contributed by atoms with van der Waals surface area (Å²) in [5, 5.41) is 76.7. The van der Waals surface area contributed by atoms with Crippen LogP contribution in [0.2, 0.25) is 0 Å². The maximum atomic E-state index is 9.32. The van der Waals surface area contributed by atoms with Gasteiger partial charge in [-0.1, -0.05) is 48.5 Å². The standard InChI is InChI=1S/4C9H7NO2.Zr/c4*11-7-3-1-2-6-4-5-8(12)10-9(6)7;/h4*1-5,11H,(H,10,12);. The molecule has 0 spiro atoms. The second-order valence-corrected chi connectivity index (χ2v) is 10.1. The molecule has 0 bridgehead atoms. The second-order valence-electron chi connectivity index (χ2n) is 10.1. The van der Waals surface area contributed by atoms with Gasteiger partial charge in [-0.2, -0.15) is 0 Å². The van der Waals surface area contributed by atoms with Gasteiger partial charge >= 0.3 is 0 Å². The number of phenolic OH excluding ortho intramolecular Hbond substituents is 4. The molecule has 0 saturated carbocycles. The third kappa shape index (κ3) is 9.00. The SMILES string of the molecule is Oc1ccc2cccc(O)c2n1.Oc1ccc2cccc(O)c2n1.Oc1ccc2cccc(O)c2n1.Oc1ccc2cccc(O)c2n1.[Zr]. The summed E-state index contributed by atoms with van der Waals surface area (Å²) < 4.78 is 0. The van der Waals surface area contributed by atoms with E-state index in [4.69, 9.17) is 20.4 Å². The maximum Gasteiger partial charge on any atom is 0.211 e. The number of hydrogen-bond donors (Lipinski definition) is 8. The molecule has 8 rings (SSSR count). The second kappa shape index (κ2) is 16.1. The number of phenols is 4. The van der Waals surface area contributed by atoms with E-state index >= 15 is 0 Å². The van der Waals surface area contributed by atoms with Crippen LogP contribution in [0.1, 0.15) is 0 Å². The summed E-state index contributed by atoms with van der Waals surface area (Å²) in [7, 11) is 0. The van der Waals surface area contributed by atoms with Crippen molar-refractivity contribution in [1.29, 1.82) is 0 Å². The fraction of sp³-hybridized carbons (Fsp3) is 0. The Bertz CT molecular complexity index is 2040. The van der Waals surface area contributed by atoms with Crippen LogP contribution in [0.4, 0.5) is 0 Å². The molecule has 49 heavy (non-hydrogen) atoms. The van der Waals surface area contributed by atoms with Crippen LogP contribution in [0, 0.1) is 0 Å². The van der Waals surface area contributed by atoms with Gasteiger partial charge < -0.3 is 40.9 Å². The Labute approximate surface area is 297 Å². The molecule has 0 aliphatic heterocycles. The number of aromatic hydroxyl groups is 8. The van der Waals surface area contributed by atoms with Gasteiger partial charge in [-0.3, -0.25) is 0 Å². The smallest absolute Gasteiger partial charge is 0.211 e. The summed E-state index contributed by atoms with van der Waals surface area (Å²) in [5.74, 6) is 0.0274. The molecular weight excluding hydrogens is 708 g/mol. The van der Waals surface area contributed by atoms with Gasteiger partial charge in [0.1, 0.15) is 45.1 Å². The Morgan fingerprint density at radius 2 is 0.469 bits per heavy atom. The molecule has 12 nitrogen and oxygen atoms in total. The van der Waals surface area contributed by atoms with E-state index in [1.165, 1.54) is 48.5 Å². The predicted octanol–water partition coefficient (Wildman–Crippen LogP) is 6.58. The van der Waals surface area contributed by atoms with Gasteiger partial charge in [-0.05, 0) is 48.5 Å². The van der Waals surface area contributed by atoms with Gasteiger partial charge in [-0.25, -0.2) is 19.9 Å². The summed E-state index contributed by atoms with van der Waals surface area (Å²) >= 11 is 0. The van der Waals surface area contributed by atoms with Crippen LogP contribution in [-0.4, -0.2) is 60.8 Å². The number of aromatic nitrogens is 4. The predicted molar refractivity (Wildman–Crippen MR) is 180 cm³/mol. The molecule has 4 heterocycles. The molecule has 8 N–H and O–H groups in total. The van der Waals surface area contributed by atoms with Crippen molar-refractivity contribution in [2.75, 3.05) is 0 Å². The third-order valence-electron chi connectivity index (χ3n) is 6.74. The number of benzene rings is 4. The Balaban J connectivity index is 0.000000146. The van der Waals surface area contributed by atoms with Gasteiger partial charge in [0.05, 0.1) is 0 Å². The van der Waals surface area contributed by atoms with Crippen molar-refractivity contribution in [3.63, 3.8) is 0 Å². The fourth-order valence-corrected chi connectivity index (χ4v) is 4.48. The Morgan fingerprint density at radius 3 is 0.673 bits per heavy atom. The van der Waals surface area contributed by atoms with Crippen LogP contribution < -0.4 is 0 Å². The molecule has 4 aromatic carbocycles. The Morgan fingerprint density at radius 1 is 0.265 bits per heavy atom. The molecule has 8 aromatic rings. The minimum Gasteiger partial charge on any atom is -0.506 e. The minimum absolute atomic E-state index is 0. The zero-order chi connectivity index (χ0) is 34.2. The first kappa shape index (κ1) is 35.7. The van der Waals surface area contributed by atoms with E-state index < -0.39 is 0 Å². The molecule has 0 amide bonds. The van der Waals surface area contributed by atoms with Crippen molar-refractivity contribution in [1.82, 2.24) is 19.9 Å². The minimum atomic E-state index is -0.0796. The molecule has 0 aliphatic carbocycles. The Hall–Kier alpha value is -6.20. The summed E-state index contributed by atoms with van der Waals surface area (Å²) in [6.45, 7) is 0. The van der Waals surface area contributed by atoms with E-state index in [0.29, 0.717) is 22.1 Å². The van der Waals surface area contributed by atoms with E-state index in [0.717, 1.165) is 21.5 Å². The molecule has 0 saturated heterocycles. The van der Waals surface area contributed by atoms with Crippen molar-refractivity contribution in [3.8, 4) is 46.5 Å². The molecule has 0 atom stereocenters. The van der Waals surface area contributed by atoms with Crippen LogP contribution in [-0.2, 0) is 26.2 Å². The van der Waals surface area contributed by atoms with Crippen LogP contribution >= 0.6 is 0 Å². The van der Waals surface area contributed by atoms with Crippen LogP contribution in [0.15, 0.2) is 121 Å². The molecule has 4 aromatic heterocycles. The van der Waals surface area contributed by atoms with Crippen molar-refractivity contribution in [2.45, 2.75) is 0 Å². The van der Waals surface area contributed by atoms with Crippen LogP contribution in [0.25, 0.3) is 43.6 Å². The first-order chi connectivity index (χ1) is 23.1. The number of pyridine rings is 4. The molecule has 244 valence electrons. The van der Waals surface area contributed by atoms with Crippen LogP contribution in [0.3, 0.4) is 0 Å². The first-order valence-corrected chi connectivity index (χ1v) is 14.2. The molecule has 0 radical (unpaired) electrons. The van der Waals surface area contributed by atoms with Gasteiger partial charge in [0.15, 0.2) is 0 Å². The summed E-state index contributed by atoms with van der Waals surface area (Å²) in [4.78, 5) is 15.1. The molecule has 13 heteroatoms. The molecule has 0 unspecified atom stereocenters. The quantitative estimate of drug-likeness (QED) is 0.0829. The maximum absolute atomic E-state index is 9.32. The van der Waals surface area contributed by atoms with Gasteiger partial charge in [0, 0.05) is 72.0 Å². The van der Waals surface area contributed by atoms with E-state index in [2.05, 4.69) is 19.9 Å². The average molecular weight is 736 g/mol. The monoisotopic (exact) mass is 734 g/mol. The summed E-state index contributed by atoms with van der Waals surface area (Å²) in [5.41, 5.74) is 1.71. The first-order valence-electron chi connectivity index (χ1n) is 14.2. The molecular formula is C36H28N4O8Zr. The van der Waals surface area contributed by atoms with E-state index in [9.17, 15) is 20.4 Å². The molecule has 0 fully saturated rings. The van der Waals surface area contributed by atoms with E-state index in [-0.39, 0.29) is 72.7 Å². The van der Waals surface area contributed by atoms with Gasteiger partial charge in [-0.15, -0.1) is 0 Å². The summed E-state index contributed by atoms with van der Waals surface area (Å²) in [6, 6.07) is 33.1.